The minimum Gasteiger partial charge on any atom is -0.350 e. The van der Waals surface area contributed by atoms with E-state index in [2.05, 4.69) is 11.4 Å². The van der Waals surface area contributed by atoms with Crippen LogP contribution in [0.2, 0.25) is 5.02 Å². The van der Waals surface area contributed by atoms with Crippen LogP contribution >= 0.6 is 11.6 Å². The number of halogens is 1. The van der Waals surface area contributed by atoms with Gasteiger partial charge in [-0.3, -0.25) is 4.79 Å². The van der Waals surface area contributed by atoms with Crippen LogP contribution in [0.5, 0.6) is 0 Å². The smallest absolute Gasteiger partial charge is 0.252 e. The number of carbonyl (C=O) groups is 1. The summed E-state index contributed by atoms with van der Waals surface area (Å²) in [5.41, 5.74) is -0.144. The molecule has 4 heteroatoms. The Morgan fingerprint density at radius 3 is 2.69 bits per heavy atom. The van der Waals surface area contributed by atoms with E-state index in [1.165, 1.54) is 0 Å². The van der Waals surface area contributed by atoms with Gasteiger partial charge in [0.25, 0.3) is 5.91 Å². The highest BCUT2D eigenvalue weighted by atomic mass is 35.5. The SMILES string of the molecule is CC(C)(C#N)CNC(=O)c1ccccc1Cl. The molecule has 0 spiro atoms. The van der Waals surface area contributed by atoms with Gasteiger partial charge in [-0.2, -0.15) is 5.26 Å². The summed E-state index contributed by atoms with van der Waals surface area (Å²) in [7, 11) is 0. The van der Waals surface area contributed by atoms with Crippen molar-refractivity contribution in [2.45, 2.75) is 13.8 Å². The first-order valence-electron chi connectivity index (χ1n) is 4.90. The molecule has 1 amide bonds. The van der Waals surface area contributed by atoms with Crippen LogP contribution in [0.25, 0.3) is 0 Å². The zero-order valence-corrected chi connectivity index (χ0v) is 10.0. The van der Waals surface area contributed by atoms with Crippen LogP contribution in [0.4, 0.5) is 0 Å². The molecule has 1 aromatic rings. The Bertz CT molecular complexity index is 435. The molecule has 0 aliphatic carbocycles. The molecule has 0 bridgehead atoms. The Morgan fingerprint density at radius 1 is 1.50 bits per heavy atom. The molecule has 0 atom stereocenters. The summed E-state index contributed by atoms with van der Waals surface area (Å²) in [6.07, 6.45) is 0. The number of nitriles is 1. The Hall–Kier alpha value is -1.53. The van der Waals surface area contributed by atoms with Crippen molar-refractivity contribution in [1.82, 2.24) is 5.32 Å². The van der Waals surface area contributed by atoms with Crippen LogP contribution in [0.15, 0.2) is 24.3 Å². The average Bonchev–Trinajstić information content (AvgIpc) is 2.27. The van der Waals surface area contributed by atoms with E-state index in [0.29, 0.717) is 17.1 Å². The normalized spacial score (nSPS) is 10.6. The Kier molecular flexibility index (Phi) is 3.92. The average molecular weight is 237 g/mol. The van der Waals surface area contributed by atoms with Gasteiger partial charge in [-0.15, -0.1) is 0 Å². The molecule has 0 saturated carbocycles. The van der Waals surface area contributed by atoms with Gasteiger partial charge in [0, 0.05) is 6.54 Å². The number of nitrogens with one attached hydrogen (secondary N) is 1. The van der Waals surface area contributed by atoms with Crippen molar-refractivity contribution >= 4 is 17.5 Å². The van der Waals surface area contributed by atoms with Gasteiger partial charge in [0.15, 0.2) is 0 Å². The lowest BCUT2D eigenvalue weighted by molar-refractivity contribution is 0.0944. The maximum Gasteiger partial charge on any atom is 0.252 e. The zero-order chi connectivity index (χ0) is 12.2. The fourth-order valence-corrected chi connectivity index (χ4v) is 1.30. The summed E-state index contributed by atoms with van der Waals surface area (Å²) >= 11 is 5.88. The minimum absolute atomic E-state index is 0.256. The highest BCUT2D eigenvalue weighted by molar-refractivity contribution is 6.33. The van der Waals surface area contributed by atoms with Gasteiger partial charge in [-0.1, -0.05) is 23.7 Å². The third kappa shape index (κ3) is 3.25. The zero-order valence-electron chi connectivity index (χ0n) is 9.25. The number of nitrogens with zero attached hydrogens (tertiary/aromatic N) is 1. The van der Waals surface area contributed by atoms with Gasteiger partial charge in [-0.25, -0.2) is 0 Å². The van der Waals surface area contributed by atoms with E-state index in [1.807, 2.05) is 0 Å². The van der Waals surface area contributed by atoms with Crippen molar-refractivity contribution in [1.29, 1.82) is 5.26 Å². The number of hydrogen-bond acceptors (Lipinski definition) is 2. The van der Waals surface area contributed by atoms with Crippen molar-refractivity contribution in [3.8, 4) is 6.07 Å². The van der Waals surface area contributed by atoms with Crippen LogP contribution < -0.4 is 5.32 Å². The highest BCUT2D eigenvalue weighted by Crippen LogP contribution is 2.16. The second-order valence-electron chi connectivity index (χ2n) is 4.16. The molecule has 16 heavy (non-hydrogen) atoms. The predicted molar refractivity (Wildman–Crippen MR) is 63.2 cm³/mol. The van der Waals surface area contributed by atoms with Gasteiger partial charge >= 0.3 is 0 Å². The van der Waals surface area contributed by atoms with Crippen LogP contribution in [0.3, 0.4) is 0 Å². The first-order valence-corrected chi connectivity index (χ1v) is 5.28. The lowest BCUT2D eigenvalue weighted by atomic mass is 9.96. The fraction of sp³-hybridized carbons (Fsp3) is 0.333. The van der Waals surface area contributed by atoms with E-state index in [9.17, 15) is 4.79 Å². The molecule has 0 aromatic heterocycles. The van der Waals surface area contributed by atoms with Crippen LogP contribution in [0.1, 0.15) is 24.2 Å². The monoisotopic (exact) mass is 236 g/mol. The highest BCUT2D eigenvalue weighted by Gasteiger charge is 2.18. The standard InChI is InChI=1S/C12H13ClN2O/c1-12(2,7-14)8-15-11(16)9-5-3-4-6-10(9)13/h3-6H,8H2,1-2H3,(H,15,16). The summed E-state index contributed by atoms with van der Waals surface area (Å²) in [6, 6.07) is 8.93. The van der Waals surface area contributed by atoms with Crippen LogP contribution in [-0.2, 0) is 0 Å². The van der Waals surface area contributed by atoms with E-state index in [-0.39, 0.29) is 5.91 Å². The summed E-state index contributed by atoms with van der Waals surface area (Å²) in [5.74, 6) is -0.256. The summed E-state index contributed by atoms with van der Waals surface area (Å²) in [6.45, 7) is 3.83. The topological polar surface area (TPSA) is 52.9 Å². The van der Waals surface area contributed by atoms with E-state index in [4.69, 9.17) is 16.9 Å². The quantitative estimate of drug-likeness (QED) is 0.877. The molecule has 1 rings (SSSR count). The minimum atomic E-state index is -0.573. The fourth-order valence-electron chi connectivity index (χ4n) is 1.08. The second-order valence-corrected chi connectivity index (χ2v) is 4.57. The van der Waals surface area contributed by atoms with Gasteiger partial charge in [0.05, 0.1) is 22.1 Å². The molecular formula is C12H13ClN2O. The van der Waals surface area contributed by atoms with Crippen molar-refractivity contribution in [3.63, 3.8) is 0 Å². The molecule has 0 aliphatic heterocycles. The lowest BCUT2D eigenvalue weighted by Gasteiger charge is -2.16. The van der Waals surface area contributed by atoms with E-state index < -0.39 is 5.41 Å². The maximum atomic E-state index is 11.7. The Morgan fingerprint density at radius 2 is 2.12 bits per heavy atom. The van der Waals surface area contributed by atoms with Gasteiger partial charge in [-0.05, 0) is 26.0 Å². The Balaban J connectivity index is 2.68. The predicted octanol–water partition coefficient (Wildman–Crippen LogP) is 2.62. The summed E-state index contributed by atoms with van der Waals surface area (Å²) in [4.78, 5) is 11.7. The lowest BCUT2D eigenvalue weighted by Crippen LogP contribution is -2.33. The van der Waals surface area contributed by atoms with Crippen molar-refractivity contribution in [2.75, 3.05) is 6.54 Å². The second kappa shape index (κ2) is 5.00. The molecule has 84 valence electrons. The molecule has 0 heterocycles. The number of hydrogen-bond donors (Lipinski definition) is 1. The number of benzene rings is 1. The molecule has 0 fully saturated rings. The van der Waals surface area contributed by atoms with Crippen molar-refractivity contribution in [2.24, 2.45) is 5.41 Å². The van der Waals surface area contributed by atoms with Crippen molar-refractivity contribution < 1.29 is 4.79 Å². The van der Waals surface area contributed by atoms with Crippen molar-refractivity contribution in [3.05, 3.63) is 34.9 Å². The third-order valence-corrected chi connectivity index (χ3v) is 2.44. The largest absolute Gasteiger partial charge is 0.350 e. The molecule has 1 aromatic carbocycles. The first kappa shape index (κ1) is 12.5. The molecular weight excluding hydrogens is 224 g/mol. The maximum absolute atomic E-state index is 11.7. The third-order valence-electron chi connectivity index (χ3n) is 2.11. The van der Waals surface area contributed by atoms with E-state index >= 15 is 0 Å². The van der Waals surface area contributed by atoms with E-state index in [0.717, 1.165) is 0 Å². The summed E-state index contributed by atoms with van der Waals surface area (Å²) < 4.78 is 0. The van der Waals surface area contributed by atoms with Crippen LogP contribution in [-0.4, -0.2) is 12.5 Å². The van der Waals surface area contributed by atoms with E-state index in [1.54, 1.807) is 38.1 Å². The molecule has 0 aliphatic rings. The van der Waals surface area contributed by atoms with Crippen LogP contribution in [0, 0.1) is 16.7 Å². The van der Waals surface area contributed by atoms with Gasteiger partial charge < -0.3 is 5.32 Å². The summed E-state index contributed by atoms with van der Waals surface area (Å²) in [5, 5.41) is 11.9. The Labute approximate surface area is 100 Å². The molecule has 1 N–H and O–H groups in total. The molecule has 0 radical (unpaired) electrons. The molecule has 0 unspecified atom stereocenters. The molecule has 0 saturated heterocycles. The van der Waals surface area contributed by atoms with Gasteiger partial charge in [0.1, 0.15) is 0 Å². The number of carbonyl (C=O) groups excluding carboxylic acids is 1. The first-order chi connectivity index (χ1) is 7.46. The number of amides is 1. The number of rotatable bonds is 3. The molecule has 3 nitrogen and oxygen atoms in total. The van der Waals surface area contributed by atoms with Gasteiger partial charge in [0.2, 0.25) is 0 Å².